The summed E-state index contributed by atoms with van der Waals surface area (Å²) in [6.07, 6.45) is 0.0517. The van der Waals surface area contributed by atoms with Gasteiger partial charge in [-0.15, -0.1) is 0 Å². The number of benzene rings is 2. The van der Waals surface area contributed by atoms with E-state index in [4.69, 9.17) is 21.1 Å². The fourth-order valence-electron chi connectivity index (χ4n) is 1.99. The Balaban J connectivity index is 1.93. The molecule has 2 aromatic carbocycles. The van der Waals surface area contributed by atoms with Gasteiger partial charge in [0, 0.05) is 16.3 Å². The van der Waals surface area contributed by atoms with Crippen LogP contribution in [0.2, 0.25) is 5.02 Å². The lowest BCUT2D eigenvalue weighted by molar-refractivity contribution is -0.151. The van der Waals surface area contributed by atoms with E-state index in [1.165, 1.54) is 0 Å². The fraction of sp³-hybridized carbons (Fsp3) is 0.263. The topological polar surface area (TPSA) is 64.6 Å². The van der Waals surface area contributed by atoms with Crippen LogP contribution in [0.3, 0.4) is 0 Å². The Bertz CT molecular complexity index is 713. The number of esters is 1. The molecule has 0 aliphatic rings. The Morgan fingerprint density at radius 2 is 1.72 bits per heavy atom. The van der Waals surface area contributed by atoms with Crippen molar-refractivity contribution in [2.45, 2.75) is 26.4 Å². The molecule has 1 atom stereocenters. The normalized spacial score (nSPS) is 11.5. The van der Waals surface area contributed by atoms with Gasteiger partial charge in [0.25, 0.3) is 5.91 Å². The minimum atomic E-state index is -0.708. The molecular formula is C19H20ClNO4. The second-order valence-corrected chi connectivity index (χ2v) is 5.85. The predicted octanol–water partition coefficient (Wildman–Crippen LogP) is 4.31. The molecule has 0 aromatic heterocycles. The number of anilines is 1. The Morgan fingerprint density at radius 3 is 2.32 bits per heavy atom. The lowest BCUT2D eigenvalue weighted by atomic mass is 10.2. The monoisotopic (exact) mass is 361 g/mol. The SMILES string of the molecule is CCCOC(=O)[C@H](C)Oc1ccc(C(=O)Nc2ccc(Cl)cc2)cc1. The molecular weight excluding hydrogens is 342 g/mol. The van der Waals surface area contributed by atoms with Crippen molar-refractivity contribution in [2.24, 2.45) is 0 Å². The Morgan fingerprint density at radius 1 is 1.08 bits per heavy atom. The van der Waals surface area contributed by atoms with Crippen LogP contribution in [0, 0.1) is 0 Å². The van der Waals surface area contributed by atoms with Crippen LogP contribution in [0.15, 0.2) is 48.5 Å². The average molecular weight is 362 g/mol. The number of carbonyl (C=O) groups excluding carboxylic acids is 2. The van der Waals surface area contributed by atoms with Gasteiger partial charge in [-0.25, -0.2) is 4.79 Å². The van der Waals surface area contributed by atoms with Gasteiger partial charge in [-0.3, -0.25) is 4.79 Å². The maximum absolute atomic E-state index is 12.2. The molecule has 0 spiro atoms. The predicted molar refractivity (Wildman–Crippen MR) is 97.2 cm³/mol. The molecule has 0 radical (unpaired) electrons. The summed E-state index contributed by atoms with van der Waals surface area (Å²) in [7, 11) is 0. The molecule has 132 valence electrons. The highest BCUT2D eigenvalue weighted by Crippen LogP contribution is 2.17. The number of ether oxygens (including phenoxy) is 2. The smallest absolute Gasteiger partial charge is 0.347 e. The van der Waals surface area contributed by atoms with E-state index in [0.29, 0.717) is 28.6 Å². The van der Waals surface area contributed by atoms with Crippen LogP contribution in [-0.4, -0.2) is 24.6 Å². The summed E-state index contributed by atoms with van der Waals surface area (Å²) in [6.45, 7) is 3.92. The largest absolute Gasteiger partial charge is 0.479 e. The highest BCUT2D eigenvalue weighted by atomic mass is 35.5. The molecule has 0 saturated carbocycles. The van der Waals surface area contributed by atoms with Crippen molar-refractivity contribution >= 4 is 29.2 Å². The van der Waals surface area contributed by atoms with Crippen LogP contribution in [0.5, 0.6) is 5.75 Å². The molecule has 1 amide bonds. The molecule has 2 aromatic rings. The van der Waals surface area contributed by atoms with Gasteiger partial charge in [-0.1, -0.05) is 18.5 Å². The number of amides is 1. The zero-order valence-corrected chi connectivity index (χ0v) is 14.9. The van der Waals surface area contributed by atoms with Crippen molar-refractivity contribution < 1.29 is 19.1 Å². The number of nitrogens with one attached hydrogen (secondary N) is 1. The van der Waals surface area contributed by atoms with Gasteiger partial charge in [0.1, 0.15) is 5.75 Å². The van der Waals surface area contributed by atoms with E-state index < -0.39 is 12.1 Å². The average Bonchev–Trinajstić information content (AvgIpc) is 2.62. The lowest BCUT2D eigenvalue weighted by Gasteiger charge is -2.14. The molecule has 0 heterocycles. The van der Waals surface area contributed by atoms with Crippen molar-refractivity contribution in [3.05, 3.63) is 59.1 Å². The number of rotatable bonds is 7. The molecule has 25 heavy (non-hydrogen) atoms. The molecule has 2 rings (SSSR count). The van der Waals surface area contributed by atoms with E-state index in [1.807, 2.05) is 6.92 Å². The summed E-state index contributed by atoms with van der Waals surface area (Å²) in [5.74, 6) is -0.167. The Hall–Kier alpha value is -2.53. The van der Waals surface area contributed by atoms with Gasteiger partial charge >= 0.3 is 5.97 Å². The maximum Gasteiger partial charge on any atom is 0.347 e. The van der Waals surface area contributed by atoms with E-state index in [2.05, 4.69) is 5.32 Å². The summed E-state index contributed by atoms with van der Waals surface area (Å²) in [5.41, 5.74) is 1.13. The minimum Gasteiger partial charge on any atom is -0.479 e. The van der Waals surface area contributed by atoms with Gasteiger partial charge in [-0.2, -0.15) is 0 Å². The molecule has 6 heteroatoms. The summed E-state index contributed by atoms with van der Waals surface area (Å²) in [5, 5.41) is 3.38. The van der Waals surface area contributed by atoms with Crippen LogP contribution in [0.1, 0.15) is 30.6 Å². The first-order valence-electron chi connectivity index (χ1n) is 8.00. The van der Waals surface area contributed by atoms with E-state index in [1.54, 1.807) is 55.5 Å². The van der Waals surface area contributed by atoms with Crippen LogP contribution < -0.4 is 10.1 Å². The number of carbonyl (C=O) groups is 2. The van der Waals surface area contributed by atoms with Crippen molar-refractivity contribution in [1.29, 1.82) is 0 Å². The van der Waals surface area contributed by atoms with E-state index in [0.717, 1.165) is 6.42 Å². The first-order chi connectivity index (χ1) is 12.0. The quantitative estimate of drug-likeness (QED) is 0.746. The fourth-order valence-corrected chi connectivity index (χ4v) is 2.12. The molecule has 0 aliphatic heterocycles. The Kier molecular flexibility index (Phi) is 6.83. The first kappa shape index (κ1) is 18.8. The van der Waals surface area contributed by atoms with Crippen molar-refractivity contribution in [3.63, 3.8) is 0 Å². The van der Waals surface area contributed by atoms with Crippen molar-refractivity contribution in [3.8, 4) is 5.75 Å². The third-order valence-corrected chi connectivity index (χ3v) is 3.56. The second kappa shape index (κ2) is 9.08. The minimum absolute atomic E-state index is 0.246. The summed E-state index contributed by atoms with van der Waals surface area (Å²) >= 11 is 5.81. The third-order valence-electron chi connectivity index (χ3n) is 3.31. The molecule has 1 N–H and O–H groups in total. The highest BCUT2D eigenvalue weighted by molar-refractivity contribution is 6.30. The molecule has 0 unspecified atom stereocenters. The zero-order chi connectivity index (χ0) is 18.2. The lowest BCUT2D eigenvalue weighted by Crippen LogP contribution is -2.26. The van der Waals surface area contributed by atoms with Gasteiger partial charge in [-0.05, 0) is 61.9 Å². The van der Waals surface area contributed by atoms with E-state index >= 15 is 0 Å². The zero-order valence-electron chi connectivity index (χ0n) is 14.1. The Labute approximate surface area is 151 Å². The third kappa shape index (κ3) is 5.80. The van der Waals surface area contributed by atoms with Gasteiger partial charge in [0.05, 0.1) is 6.61 Å². The first-order valence-corrected chi connectivity index (χ1v) is 8.37. The van der Waals surface area contributed by atoms with Crippen molar-refractivity contribution in [2.75, 3.05) is 11.9 Å². The van der Waals surface area contributed by atoms with Crippen molar-refractivity contribution in [1.82, 2.24) is 0 Å². The van der Waals surface area contributed by atoms with Crippen LogP contribution in [0.25, 0.3) is 0 Å². The van der Waals surface area contributed by atoms with Crippen LogP contribution in [0.4, 0.5) is 5.69 Å². The second-order valence-electron chi connectivity index (χ2n) is 5.41. The maximum atomic E-state index is 12.2. The molecule has 0 saturated heterocycles. The number of hydrogen-bond donors (Lipinski definition) is 1. The molecule has 0 bridgehead atoms. The van der Waals surface area contributed by atoms with E-state index in [9.17, 15) is 9.59 Å². The standard InChI is InChI=1S/C19H20ClNO4/c1-3-12-24-19(23)13(2)25-17-10-4-14(5-11-17)18(22)21-16-8-6-15(20)7-9-16/h4-11,13H,3,12H2,1-2H3,(H,21,22)/t13-/m0/s1. The van der Waals surface area contributed by atoms with Crippen LogP contribution >= 0.6 is 11.6 Å². The van der Waals surface area contributed by atoms with Crippen LogP contribution in [-0.2, 0) is 9.53 Å². The molecule has 0 fully saturated rings. The number of halogens is 1. The number of hydrogen-bond acceptors (Lipinski definition) is 4. The molecule has 5 nitrogen and oxygen atoms in total. The van der Waals surface area contributed by atoms with Gasteiger partial charge in [0.15, 0.2) is 6.10 Å². The van der Waals surface area contributed by atoms with E-state index in [-0.39, 0.29) is 5.91 Å². The molecule has 0 aliphatic carbocycles. The summed E-state index contributed by atoms with van der Waals surface area (Å²) in [4.78, 5) is 23.9. The summed E-state index contributed by atoms with van der Waals surface area (Å²) in [6, 6.07) is 13.4. The van der Waals surface area contributed by atoms with Gasteiger partial charge < -0.3 is 14.8 Å². The van der Waals surface area contributed by atoms with Gasteiger partial charge in [0.2, 0.25) is 0 Å². The summed E-state index contributed by atoms with van der Waals surface area (Å²) < 4.78 is 10.5. The highest BCUT2D eigenvalue weighted by Gasteiger charge is 2.16.